The molecule has 0 saturated heterocycles. The number of carbonyl (C=O) groups is 1. The number of amides is 1. The quantitative estimate of drug-likeness (QED) is 0.223. The van der Waals surface area contributed by atoms with Gasteiger partial charge in [-0.3, -0.25) is 5.32 Å². The summed E-state index contributed by atoms with van der Waals surface area (Å²) in [6.07, 6.45) is -0.00713. The van der Waals surface area contributed by atoms with Crippen LogP contribution in [0.15, 0.2) is 57.9 Å². The van der Waals surface area contributed by atoms with Gasteiger partial charge in [0.05, 0.1) is 9.90 Å². The molecule has 39 heavy (non-hydrogen) atoms. The second-order valence-corrected chi connectivity index (χ2v) is 12.8. The molecule has 4 N–H and O–H groups in total. The largest absolute Gasteiger partial charge is 0.465 e. The van der Waals surface area contributed by atoms with Gasteiger partial charge in [-0.25, -0.2) is 32.0 Å². The molecule has 0 unspecified atom stereocenters. The molecule has 0 radical (unpaired) electrons. The van der Waals surface area contributed by atoms with E-state index in [1.54, 1.807) is 26.8 Å². The topological polar surface area (TPSA) is 144 Å². The van der Waals surface area contributed by atoms with Crippen molar-refractivity contribution in [2.24, 2.45) is 0 Å². The van der Waals surface area contributed by atoms with Crippen LogP contribution in [0.25, 0.3) is 11.1 Å². The Morgan fingerprint density at radius 2 is 1.85 bits per heavy atom. The minimum Gasteiger partial charge on any atom is -0.465 e. The number of carboxylic acid groups (broad SMARTS) is 1. The first-order valence-corrected chi connectivity index (χ1v) is 13.8. The number of nitrogen functional groups attached to an aromatic ring is 1. The summed E-state index contributed by atoms with van der Waals surface area (Å²) in [6.45, 7) is 5.24. The van der Waals surface area contributed by atoms with E-state index in [0.29, 0.717) is 21.8 Å². The fourth-order valence-corrected chi connectivity index (χ4v) is 6.57. The normalized spacial score (nSPS) is 11.8. The molecule has 0 aliphatic heterocycles. The van der Waals surface area contributed by atoms with Crippen molar-refractivity contribution in [3.8, 4) is 22.6 Å². The molecular weight excluding hydrogens is 574 g/mol. The molecule has 204 valence electrons. The highest BCUT2D eigenvalue weighted by Crippen LogP contribution is 2.42. The van der Waals surface area contributed by atoms with E-state index in [1.165, 1.54) is 24.4 Å². The summed E-state index contributed by atoms with van der Waals surface area (Å²) in [5.74, 6) is -1.87. The zero-order chi connectivity index (χ0) is 28.7. The van der Waals surface area contributed by atoms with E-state index in [4.69, 9.17) is 27.2 Å². The molecule has 0 saturated carbocycles. The third-order valence-electron chi connectivity index (χ3n) is 5.27. The van der Waals surface area contributed by atoms with Crippen LogP contribution in [0.5, 0.6) is 11.5 Å². The SMILES string of the molecule is CC(C)(C)c1sc(S(=O)(=O)c2cc(Cl)c(Oc3ccc(F)cc3-c3ccnc(N)c3)cc2F)nc1NC(=O)O. The molecule has 2 heterocycles. The van der Waals surface area contributed by atoms with Gasteiger partial charge in [-0.1, -0.05) is 32.4 Å². The van der Waals surface area contributed by atoms with Crippen molar-refractivity contribution in [3.05, 3.63) is 70.2 Å². The van der Waals surface area contributed by atoms with Gasteiger partial charge in [0, 0.05) is 23.2 Å². The number of halogens is 3. The van der Waals surface area contributed by atoms with Crippen molar-refractivity contribution in [3.63, 3.8) is 0 Å². The average Bonchev–Trinajstić information content (AvgIpc) is 3.27. The molecule has 0 spiro atoms. The van der Waals surface area contributed by atoms with Gasteiger partial charge in [-0.15, -0.1) is 11.3 Å². The van der Waals surface area contributed by atoms with Gasteiger partial charge in [-0.05, 0) is 42.0 Å². The second-order valence-electron chi connectivity index (χ2n) is 9.27. The van der Waals surface area contributed by atoms with E-state index in [-0.39, 0.29) is 33.7 Å². The number of sulfone groups is 1. The van der Waals surface area contributed by atoms with E-state index in [0.717, 1.165) is 18.2 Å². The van der Waals surface area contributed by atoms with E-state index >= 15 is 4.39 Å². The summed E-state index contributed by atoms with van der Waals surface area (Å²) in [6, 6.07) is 8.35. The van der Waals surface area contributed by atoms with Gasteiger partial charge in [0.25, 0.3) is 0 Å². The maximum absolute atomic E-state index is 15.3. The molecule has 2 aromatic carbocycles. The lowest BCUT2D eigenvalue weighted by Crippen LogP contribution is -2.15. The third kappa shape index (κ3) is 5.95. The molecule has 0 aliphatic rings. The van der Waals surface area contributed by atoms with E-state index in [2.05, 4.69) is 15.3 Å². The predicted molar refractivity (Wildman–Crippen MR) is 143 cm³/mol. The van der Waals surface area contributed by atoms with Crippen LogP contribution in [-0.2, 0) is 15.3 Å². The zero-order valence-corrected chi connectivity index (χ0v) is 23.0. The maximum atomic E-state index is 15.3. The van der Waals surface area contributed by atoms with Crippen LogP contribution in [0.4, 0.5) is 25.2 Å². The molecular formula is C25H21ClF2N4O5S2. The second kappa shape index (κ2) is 10.4. The lowest BCUT2D eigenvalue weighted by atomic mass is 9.95. The summed E-state index contributed by atoms with van der Waals surface area (Å²) in [5, 5.41) is 11.0. The smallest absolute Gasteiger partial charge is 0.410 e. The lowest BCUT2D eigenvalue weighted by Gasteiger charge is -2.17. The first kappa shape index (κ1) is 28.2. The number of aromatic nitrogens is 2. The minimum absolute atomic E-state index is 0.0954. The number of anilines is 2. The van der Waals surface area contributed by atoms with Crippen LogP contribution in [0, 0.1) is 11.6 Å². The molecule has 2 aromatic heterocycles. The van der Waals surface area contributed by atoms with Crippen molar-refractivity contribution in [2.45, 2.75) is 35.4 Å². The van der Waals surface area contributed by atoms with Crippen molar-refractivity contribution in [1.82, 2.24) is 9.97 Å². The summed E-state index contributed by atoms with van der Waals surface area (Å²) in [5.41, 5.74) is 5.81. The predicted octanol–water partition coefficient (Wildman–Crippen LogP) is 6.73. The number of hydrogen-bond donors (Lipinski definition) is 3. The Hall–Kier alpha value is -3.81. The van der Waals surface area contributed by atoms with Crippen molar-refractivity contribution < 1.29 is 31.8 Å². The molecule has 4 rings (SSSR count). The Balaban J connectivity index is 1.75. The third-order valence-corrected chi connectivity index (χ3v) is 9.20. The summed E-state index contributed by atoms with van der Waals surface area (Å²) >= 11 is 7.03. The van der Waals surface area contributed by atoms with Gasteiger partial charge in [0.1, 0.15) is 33.8 Å². The van der Waals surface area contributed by atoms with Gasteiger partial charge < -0.3 is 15.6 Å². The van der Waals surface area contributed by atoms with Crippen molar-refractivity contribution in [1.29, 1.82) is 0 Å². The lowest BCUT2D eigenvalue weighted by molar-refractivity contribution is 0.209. The Morgan fingerprint density at radius 3 is 2.49 bits per heavy atom. The van der Waals surface area contributed by atoms with Crippen LogP contribution >= 0.6 is 22.9 Å². The molecule has 4 aromatic rings. The average molecular weight is 595 g/mol. The molecule has 0 bridgehead atoms. The zero-order valence-electron chi connectivity index (χ0n) is 20.6. The highest BCUT2D eigenvalue weighted by molar-refractivity contribution is 7.93. The highest BCUT2D eigenvalue weighted by atomic mass is 35.5. The Bertz CT molecular complexity index is 1710. The van der Waals surface area contributed by atoms with Gasteiger partial charge in [0.15, 0.2) is 5.82 Å². The van der Waals surface area contributed by atoms with Crippen LogP contribution in [0.3, 0.4) is 0 Å². The number of pyridine rings is 1. The summed E-state index contributed by atoms with van der Waals surface area (Å²) in [7, 11) is -4.55. The first-order chi connectivity index (χ1) is 18.2. The van der Waals surface area contributed by atoms with E-state index in [9.17, 15) is 17.6 Å². The Labute approximate surface area is 231 Å². The van der Waals surface area contributed by atoms with Gasteiger partial charge >= 0.3 is 6.09 Å². The number of nitrogens with one attached hydrogen (secondary N) is 1. The van der Waals surface area contributed by atoms with Gasteiger partial charge in [-0.2, -0.15) is 0 Å². The fraction of sp³-hybridized carbons (Fsp3) is 0.160. The van der Waals surface area contributed by atoms with Gasteiger partial charge in [0.2, 0.25) is 14.2 Å². The summed E-state index contributed by atoms with van der Waals surface area (Å²) in [4.78, 5) is 18.6. The standard InChI is InChI=1S/C25H21ClF2N4O5S2/c1-25(2,3)21-22(31-23(33)34)32-24(38-21)39(35,36)19-10-15(26)18(11-16(19)28)37-17-5-4-13(27)9-14(17)12-6-7-30-20(29)8-12/h4-11,31H,1-3H3,(H2,29,30)(H,33,34). The minimum atomic E-state index is -4.55. The highest BCUT2D eigenvalue weighted by Gasteiger charge is 2.32. The molecule has 14 heteroatoms. The number of benzene rings is 2. The number of nitrogens with two attached hydrogens (primary N) is 1. The number of thiazole rings is 1. The first-order valence-electron chi connectivity index (χ1n) is 11.1. The van der Waals surface area contributed by atoms with Crippen LogP contribution in [0.2, 0.25) is 5.02 Å². The molecule has 0 fully saturated rings. The van der Waals surface area contributed by atoms with Crippen molar-refractivity contribution >= 4 is 50.5 Å². The van der Waals surface area contributed by atoms with Crippen LogP contribution in [-0.4, -0.2) is 29.6 Å². The maximum Gasteiger partial charge on any atom is 0.410 e. The molecule has 0 atom stereocenters. The molecule has 9 nitrogen and oxygen atoms in total. The van der Waals surface area contributed by atoms with Crippen molar-refractivity contribution in [2.75, 3.05) is 11.1 Å². The van der Waals surface area contributed by atoms with E-state index < -0.39 is 42.2 Å². The molecule has 0 aliphatic carbocycles. The number of hydrogen-bond acceptors (Lipinski definition) is 8. The molecule has 1 amide bonds. The van der Waals surface area contributed by atoms with Crippen LogP contribution in [0.1, 0.15) is 25.6 Å². The Morgan fingerprint density at radius 1 is 1.13 bits per heavy atom. The number of nitrogens with zero attached hydrogens (tertiary/aromatic N) is 2. The van der Waals surface area contributed by atoms with E-state index in [1.807, 2.05) is 0 Å². The monoisotopic (exact) mass is 594 g/mol. The van der Waals surface area contributed by atoms with Crippen LogP contribution < -0.4 is 15.8 Å². The number of ether oxygens (including phenoxy) is 1. The number of rotatable bonds is 6. The summed E-state index contributed by atoms with van der Waals surface area (Å²) < 4.78 is 61.2. The fourth-order valence-electron chi connectivity index (χ4n) is 3.55. The Kier molecular flexibility index (Phi) is 7.52.